The van der Waals surface area contributed by atoms with Crippen molar-refractivity contribution in [2.24, 2.45) is 0 Å². The lowest BCUT2D eigenvalue weighted by Crippen LogP contribution is -2.36. The van der Waals surface area contributed by atoms with E-state index in [2.05, 4.69) is 282 Å². The Balaban J connectivity index is 1.01. The van der Waals surface area contributed by atoms with Gasteiger partial charge in [0.05, 0.1) is 34.1 Å². The second kappa shape index (κ2) is 16.8. The van der Waals surface area contributed by atoms with Gasteiger partial charge in [0.25, 0.3) is 0 Å². The molecule has 1 spiro atoms. The van der Waals surface area contributed by atoms with Crippen LogP contribution >= 0.6 is 0 Å². The van der Waals surface area contributed by atoms with E-state index in [1.54, 1.807) is 0 Å². The van der Waals surface area contributed by atoms with Crippen LogP contribution in [0.3, 0.4) is 0 Å². The fourth-order valence-electron chi connectivity index (χ4n) is 12.9. The molecule has 0 saturated carbocycles. The van der Waals surface area contributed by atoms with Gasteiger partial charge >= 0.3 is 0 Å². The van der Waals surface area contributed by atoms with Crippen LogP contribution in [0.4, 0.5) is 51.2 Å². The lowest BCUT2D eigenvalue weighted by atomic mass is 9.64. The molecule has 0 radical (unpaired) electrons. The zero-order valence-corrected chi connectivity index (χ0v) is 40.9. The molecule has 12 aromatic rings. The summed E-state index contributed by atoms with van der Waals surface area (Å²) in [6, 6.07) is 100. The van der Waals surface area contributed by atoms with Gasteiger partial charge in [-0.2, -0.15) is 5.26 Å². The summed E-state index contributed by atoms with van der Waals surface area (Å²) < 4.78 is 0. The number of para-hydroxylation sites is 3. The summed E-state index contributed by atoms with van der Waals surface area (Å²) in [5.74, 6) is 0. The van der Waals surface area contributed by atoms with Crippen LogP contribution in [0.1, 0.15) is 38.9 Å². The van der Waals surface area contributed by atoms with Crippen molar-refractivity contribution < 1.29 is 0 Å². The average molecular weight is 955 g/mol. The summed E-state index contributed by atoms with van der Waals surface area (Å²) in [7, 11) is 0. The van der Waals surface area contributed by atoms with Gasteiger partial charge in [-0.05, 0) is 169 Å². The Labute approximate surface area is 436 Å². The summed E-state index contributed by atoms with van der Waals surface area (Å²) >= 11 is 0. The number of anilines is 9. The summed E-state index contributed by atoms with van der Waals surface area (Å²) in [5.41, 5.74) is 22.1. The van der Waals surface area contributed by atoms with E-state index in [1.807, 2.05) is 6.07 Å². The molecule has 0 bridgehead atoms. The maximum atomic E-state index is 10.2. The first-order valence-electron chi connectivity index (χ1n) is 25.8. The van der Waals surface area contributed by atoms with E-state index in [9.17, 15) is 5.26 Å². The number of fused-ring (bicyclic) bond motifs is 14. The number of nitrogens with zero attached hydrogens (tertiary/aromatic N) is 4. The molecule has 0 saturated heterocycles. The van der Waals surface area contributed by atoms with E-state index < -0.39 is 5.41 Å². The van der Waals surface area contributed by atoms with Gasteiger partial charge < -0.3 is 14.7 Å². The molecule has 2 aliphatic carbocycles. The molecular formula is C71H46N4. The summed E-state index contributed by atoms with van der Waals surface area (Å²) in [6.45, 7) is 0. The van der Waals surface area contributed by atoms with Crippen LogP contribution in [-0.4, -0.2) is 0 Å². The lowest BCUT2D eigenvalue weighted by molar-refractivity contribution is 0.752. The van der Waals surface area contributed by atoms with Crippen molar-refractivity contribution in [3.8, 4) is 28.3 Å². The average Bonchev–Trinajstić information content (AvgIpc) is 4.20. The molecule has 12 aromatic carbocycles. The minimum atomic E-state index is -0.574. The highest BCUT2D eigenvalue weighted by molar-refractivity contribution is 6.02. The molecule has 3 aliphatic rings. The number of benzene rings is 12. The Kier molecular flexibility index (Phi) is 9.58. The van der Waals surface area contributed by atoms with Crippen molar-refractivity contribution in [3.05, 3.63) is 306 Å². The smallest absolute Gasteiger partial charge is 0.0991 e. The topological polar surface area (TPSA) is 33.5 Å². The first-order chi connectivity index (χ1) is 37.1. The molecule has 0 amide bonds. The van der Waals surface area contributed by atoms with Crippen LogP contribution in [0.2, 0.25) is 0 Å². The van der Waals surface area contributed by atoms with Gasteiger partial charge in [-0.1, -0.05) is 176 Å². The SMILES string of the molecule is N#Cc1ccc2c(c1)Cc1cc(N(c3ccccc3)c3ccc4c(c3)N(c3ccccc3)c3ccccc3C43c4ccccc4-c4ccccc43)cc(N(c3ccc4ccccc4c3)c3ccc4ccccc4c3)c1-2. The fourth-order valence-corrected chi connectivity index (χ4v) is 12.9. The van der Waals surface area contributed by atoms with Crippen molar-refractivity contribution in [2.75, 3.05) is 14.7 Å². The molecule has 350 valence electrons. The van der Waals surface area contributed by atoms with Gasteiger partial charge in [-0.25, -0.2) is 0 Å². The van der Waals surface area contributed by atoms with Gasteiger partial charge in [0.15, 0.2) is 0 Å². The molecule has 4 nitrogen and oxygen atoms in total. The summed E-state index contributed by atoms with van der Waals surface area (Å²) in [5, 5.41) is 14.9. The highest BCUT2D eigenvalue weighted by atomic mass is 15.2. The van der Waals surface area contributed by atoms with E-state index in [-0.39, 0.29) is 0 Å². The maximum Gasteiger partial charge on any atom is 0.0991 e. The van der Waals surface area contributed by atoms with Gasteiger partial charge in [-0.3, -0.25) is 0 Å². The molecule has 1 heterocycles. The molecule has 75 heavy (non-hydrogen) atoms. The normalized spacial score (nSPS) is 13.1. The van der Waals surface area contributed by atoms with E-state index >= 15 is 0 Å². The van der Waals surface area contributed by atoms with Gasteiger partial charge in [0.1, 0.15) is 0 Å². The lowest BCUT2D eigenvalue weighted by Gasteiger charge is -2.45. The second-order valence-electron chi connectivity index (χ2n) is 20.0. The van der Waals surface area contributed by atoms with Gasteiger partial charge in [0.2, 0.25) is 0 Å². The van der Waals surface area contributed by atoms with Crippen molar-refractivity contribution in [2.45, 2.75) is 11.8 Å². The van der Waals surface area contributed by atoms with Crippen LogP contribution < -0.4 is 14.7 Å². The molecule has 0 fully saturated rings. The number of rotatable bonds is 7. The van der Waals surface area contributed by atoms with E-state index in [0.29, 0.717) is 12.0 Å². The minimum absolute atomic E-state index is 0.574. The third-order valence-electron chi connectivity index (χ3n) is 16.0. The fraction of sp³-hybridized carbons (Fsp3) is 0.0282. The van der Waals surface area contributed by atoms with Crippen molar-refractivity contribution in [3.63, 3.8) is 0 Å². The molecule has 0 N–H and O–H groups in total. The van der Waals surface area contributed by atoms with Crippen LogP contribution in [0.5, 0.6) is 0 Å². The monoisotopic (exact) mass is 954 g/mol. The van der Waals surface area contributed by atoms with Gasteiger partial charge in [-0.15, -0.1) is 0 Å². The predicted molar refractivity (Wildman–Crippen MR) is 309 cm³/mol. The predicted octanol–water partition coefficient (Wildman–Crippen LogP) is 18.5. The van der Waals surface area contributed by atoms with Crippen LogP contribution in [0.15, 0.2) is 267 Å². The maximum absolute atomic E-state index is 10.2. The summed E-state index contributed by atoms with van der Waals surface area (Å²) in [4.78, 5) is 7.38. The Morgan fingerprint density at radius 1 is 0.360 bits per heavy atom. The number of hydrogen-bond acceptors (Lipinski definition) is 4. The standard InChI is InChI=1S/C71H46N4/c72-46-47-31-37-60-52(39-47)40-53-43-59(45-69(70(53)60)74(56-34-32-48-17-7-9-19-50(48)41-56)57-35-33-49-18-8-10-20-51(49)42-57)73(54-21-3-1-4-22-54)58-36-38-66-68(44-58)75(55-23-5-2-6-24-55)67-30-16-15-29-65(67)71(66)63-27-13-11-25-61(63)62-26-12-14-28-64(62)71/h1-39,41-45H,40H2. The Morgan fingerprint density at radius 3 is 1.57 bits per heavy atom. The quantitative estimate of drug-likeness (QED) is 0.159. The molecule has 15 rings (SSSR count). The second-order valence-corrected chi connectivity index (χ2v) is 20.0. The number of hydrogen-bond donors (Lipinski definition) is 0. The van der Waals surface area contributed by atoms with E-state index in [1.165, 1.54) is 66.1 Å². The van der Waals surface area contributed by atoms with Crippen LogP contribution in [0, 0.1) is 11.3 Å². The Bertz CT molecular complexity index is 4200. The van der Waals surface area contributed by atoms with Crippen molar-refractivity contribution in [1.82, 2.24) is 0 Å². The number of nitriles is 1. The van der Waals surface area contributed by atoms with Crippen LogP contribution in [-0.2, 0) is 11.8 Å². The first-order valence-corrected chi connectivity index (χ1v) is 25.8. The highest BCUT2D eigenvalue weighted by Crippen LogP contribution is 2.64. The van der Waals surface area contributed by atoms with E-state index in [0.717, 1.165) is 62.3 Å². The summed E-state index contributed by atoms with van der Waals surface area (Å²) in [6.07, 6.45) is 0.691. The van der Waals surface area contributed by atoms with Crippen molar-refractivity contribution in [1.29, 1.82) is 5.26 Å². The van der Waals surface area contributed by atoms with E-state index in [4.69, 9.17) is 0 Å². The molecule has 0 unspecified atom stereocenters. The molecule has 0 aromatic heterocycles. The molecule has 4 heteroatoms. The third-order valence-corrected chi connectivity index (χ3v) is 16.0. The Morgan fingerprint density at radius 2 is 0.907 bits per heavy atom. The highest BCUT2D eigenvalue weighted by Gasteiger charge is 2.51. The minimum Gasteiger partial charge on any atom is -0.310 e. The third kappa shape index (κ3) is 6.48. The largest absolute Gasteiger partial charge is 0.310 e. The van der Waals surface area contributed by atoms with Crippen molar-refractivity contribution >= 4 is 72.7 Å². The molecule has 0 atom stereocenters. The zero-order chi connectivity index (χ0) is 49.6. The molecule has 1 aliphatic heterocycles. The zero-order valence-electron chi connectivity index (χ0n) is 40.9. The Hall–Kier alpha value is -9.95. The molecular weight excluding hydrogens is 909 g/mol. The first kappa shape index (κ1) is 42.7. The van der Waals surface area contributed by atoms with Gasteiger partial charge in [0, 0.05) is 39.7 Å². The van der Waals surface area contributed by atoms with Crippen LogP contribution in [0.25, 0.3) is 43.8 Å².